The largest absolute Gasteiger partial charge is 0.480 e. The highest BCUT2D eigenvalue weighted by Crippen LogP contribution is 2.21. The van der Waals surface area contributed by atoms with Crippen molar-refractivity contribution < 1.29 is 19.8 Å². The summed E-state index contributed by atoms with van der Waals surface area (Å²) >= 11 is 0. The number of nitrogens with one attached hydrogen (secondary N) is 5. The minimum atomic E-state index is -1.28. The maximum Gasteiger partial charge on any atom is 0.323 e. The van der Waals surface area contributed by atoms with Crippen molar-refractivity contribution in [2.24, 2.45) is 5.10 Å². The normalized spacial score (nSPS) is 14.8. The van der Waals surface area contributed by atoms with E-state index in [1.807, 2.05) is 49.4 Å². The van der Waals surface area contributed by atoms with Crippen LogP contribution in [0.2, 0.25) is 0 Å². The molecule has 10 nitrogen and oxygen atoms in total. The number of benzene rings is 2. The van der Waals surface area contributed by atoms with Crippen LogP contribution in [0.15, 0.2) is 53.6 Å². The summed E-state index contributed by atoms with van der Waals surface area (Å²) in [4.78, 5) is 24.0. The van der Waals surface area contributed by atoms with Crippen LogP contribution in [-0.2, 0) is 16.0 Å². The summed E-state index contributed by atoms with van der Waals surface area (Å²) in [5.41, 5.74) is 11.6. The lowest BCUT2D eigenvalue weighted by Crippen LogP contribution is -2.55. The zero-order valence-electron chi connectivity index (χ0n) is 16.3. The fraction of sp³-hybridized carbons (Fsp3) is 0.250. The first-order chi connectivity index (χ1) is 14.5. The number of amides is 1. The molecule has 1 heterocycles. The molecule has 0 saturated carbocycles. The molecule has 10 heteroatoms. The van der Waals surface area contributed by atoms with E-state index in [1.165, 1.54) is 0 Å². The van der Waals surface area contributed by atoms with Crippen LogP contribution in [0, 0.1) is 6.92 Å². The van der Waals surface area contributed by atoms with Crippen LogP contribution in [0.1, 0.15) is 11.1 Å². The highest BCUT2D eigenvalue weighted by Gasteiger charge is 2.27. The summed E-state index contributed by atoms with van der Waals surface area (Å²) in [5.74, 6) is -1.59. The third-order valence-corrected chi connectivity index (χ3v) is 4.59. The van der Waals surface area contributed by atoms with E-state index in [4.69, 9.17) is 0 Å². The molecule has 3 rings (SSSR count). The molecule has 2 aromatic rings. The quantitative estimate of drug-likeness (QED) is 0.310. The van der Waals surface area contributed by atoms with Gasteiger partial charge < -0.3 is 10.2 Å². The Morgan fingerprint density at radius 1 is 1.10 bits per heavy atom. The summed E-state index contributed by atoms with van der Waals surface area (Å²) in [6, 6.07) is 13.6. The molecule has 0 unspecified atom stereocenters. The monoisotopic (exact) mass is 412 g/mol. The topological polar surface area (TPSA) is 147 Å². The van der Waals surface area contributed by atoms with Gasteiger partial charge >= 0.3 is 5.97 Å². The summed E-state index contributed by atoms with van der Waals surface area (Å²) in [7, 11) is 0. The van der Waals surface area contributed by atoms with Crippen molar-refractivity contribution in [1.29, 1.82) is 0 Å². The predicted octanol–water partition coefficient (Wildman–Crippen LogP) is -0.392. The molecule has 158 valence electrons. The van der Waals surface area contributed by atoms with Gasteiger partial charge in [-0.2, -0.15) is 0 Å². The molecule has 7 N–H and O–H groups in total. The fourth-order valence-electron chi connectivity index (χ4n) is 3.03. The maximum atomic E-state index is 12.7. The Bertz CT molecular complexity index is 931. The maximum absolute atomic E-state index is 12.7. The van der Waals surface area contributed by atoms with Gasteiger partial charge in [0.25, 0.3) is 0 Å². The predicted molar refractivity (Wildman–Crippen MR) is 111 cm³/mol. The van der Waals surface area contributed by atoms with Crippen molar-refractivity contribution in [2.75, 3.05) is 6.61 Å². The van der Waals surface area contributed by atoms with Crippen LogP contribution in [0.3, 0.4) is 0 Å². The van der Waals surface area contributed by atoms with E-state index in [0.29, 0.717) is 0 Å². The molecular formula is C20H24N6O4. The molecule has 0 spiro atoms. The van der Waals surface area contributed by atoms with Crippen molar-refractivity contribution >= 4 is 17.8 Å². The van der Waals surface area contributed by atoms with E-state index in [2.05, 4.69) is 38.3 Å². The summed E-state index contributed by atoms with van der Waals surface area (Å²) < 4.78 is 0. The first kappa shape index (κ1) is 21.2. The lowest BCUT2D eigenvalue weighted by atomic mass is 9.99. The number of aliphatic hydroxyl groups is 1. The molecule has 1 aliphatic rings. The van der Waals surface area contributed by atoms with Crippen molar-refractivity contribution in [3.05, 3.63) is 59.7 Å². The van der Waals surface area contributed by atoms with E-state index in [1.54, 1.807) is 0 Å². The van der Waals surface area contributed by atoms with Gasteiger partial charge in [0.05, 0.1) is 12.6 Å². The van der Waals surface area contributed by atoms with Crippen LogP contribution in [-0.4, -0.2) is 46.7 Å². The lowest BCUT2D eigenvalue weighted by Gasteiger charge is -2.22. The number of carbonyl (C=O) groups excluding carboxylic acids is 1. The third kappa shape index (κ3) is 5.54. The van der Waals surface area contributed by atoms with E-state index in [0.717, 1.165) is 22.3 Å². The number of hydrazone groups is 1. The number of guanidine groups is 1. The van der Waals surface area contributed by atoms with Gasteiger partial charge in [-0.25, -0.2) is 5.53 Å². The summed E-state index contributed by atoms with van der Waals surface area (Å²) in [6.45, 7) is 1.38. The van der Waals surface area contributed by atoms with Gasteiger partial charge in [-0.3, -0.25) is 25.6 Å². The molecule has 0 fully saturated rings. The van der Waals surface area contributed by atoms with Gasteiger partial charge in [0, 0.05) is 0 Å². The fourth-order valence-corrected chi connectivity index (χ4v) is 3.03. The molecule has 1 amide bonds. The minimum Gasteiger partial charge on any atom is -0.480 e. The van der Waals surface area contributed by atoms with Gasteiger partial charge in [0.2, 0.25) is 11.9 Å². The number of hydrogen-bond donors (Lipinski definition) is 7. The van der Waals surface area contributed by atoms with Gasteiger partial charge in [-0.15, -0.1) is 10.6 Å². The number of aliphatic hydroxyl groups excluding tert-OH is 1. The van der Waals surface area contributed by atoms with E-state index in [9.17, 15) is 19.8 Å². The number of hydrogen-bond acceptors (Lipinski definition) is 8. The first-order valence-electron chi connectivity index (χ1n) is 9.36. The molecule has 0 aliphatic carbocycles. The molecule has 0 radical (unpaired) electrons. The molecule has 2 atom stereocenters. The number of carbonyl (C=O) groups is 2. The van der Waals surface area contributed by atoms with Crippen molar-refractivity contribution in [2.45, 2.75) is 25.4 Å². The van der Waals surface area contributed by atoms with Crippen LogP contribution in [0.4, 0.5) is 0 Å². The van der Waals surface area contributed by atoms with E-state index < -0.39 is 30.6 Å². The number of aryl methyl sites for hydroxylation is 1. The second-order valence-electron chi connectivity index (χ2n) is 6.87. The zero-order valence-corrected chi connectivity index (χ0v) is 16.3. The van der Waals surface area contributed by atoms with Crippen molar-refractivity contribution in [1.82, 2.24) is 27.1 Å². The molecule has 0 saturated heterocycles. The highest BCUT2D eigenvalue weighted by molar-refractivity contribution is 5.99. The number of rotatable bonds is 8. The lowest BCUT2D eigenvalue weighted by molar-refractivity contribution is -0.141. The SMILES string of the molecule is Cc1cccc(-c2ccc(C[C@H](N[C@@H](CO)C(=O)O)C(=O)NC3=NNNN3)cc2)c1. The highest BCUT2D eigenvalue weighted by atomic mass is 16.4. The molecule has 1 aliphatic heterocycles. The van der Waals surface area contributed by atoms with Gasteiger partial charge in [0.1, 0.15) is 6.04 Å². The molecular weight excluding hydrogens is 388 g/mol. The summed E-state index contributed by atoms with van der Waals surface area (Å²) in [6.07, 6.45) is 0.220. The zero-order chi connectivity index (χ0) is 21.5. The number of nitrogens with zero attached hydrogens (tertiary/aromatic N) is 1. The number of carboxylic acids is 1. The van der Waals surface area contributed by atoms with E-state index in [-0.39, 0.29) is 12.4 Å². The Hall–Kier alpha value is -3.47. The average molecular weight is 412 g/mol. The standard InChI is InChI=1S/C20H24N6O4/c1-12-3-2-4-15(9-12)14-7-5-13(6-8-14)10-16(21-17(11-27)19(29)30)18(28)22-20-23-25-26-24-20/h2-9,16-17,21,25-27H,10-11H2,1H3,(H,29,30)(H2,22,23,24,28)/t16-,17-/m0/s1. The van der Waals surface area contributed by atoms with Gasteiger partial charge in [-0.1, -0.05) is 54.1 Å². The van der Waals surface area contributed by atoms with Crippen LogP contribution in [0.5, 0.6) is 0 Å². The average Bonchev–Trinajstić information content (AvgIpc) is 3.24. The van der Waals surface area contributed by atoms with Crippen molar-refractivity contribution in [3.63, 3.8) is 0 Å². The van der Waals surface area contributed by atoms with Crippen molar-refractivity contribution in [3.8, 4) is 11.1 Å². The minimum absolute atomic E-state index is 0.150. The summed E-state index contributed by atoms with van der Waals surface area (Å²) in [5, 5.41) is 27.6. The Balaban J connectivity index is 1.75. The Morgan fingerprint density at radius 2 is 1.87 bits per heavy atom. The van der Waals surface area contributed by atoms with Crippen LogP contribution < -0.4 is 27.1 Å². The molecule has 2 aromatic carbocycles. The smallest absolute Gasteiger partial charge is 0.323 e. The van der Waals surface area contributed by atoms with E-state index >= 15 is 0 Å². The Morgan fingerprint density at radius 3 is 2.47 bits per heavy atom. The Labute approximate surface area is 173 Å². The second kappa shape index (κ2) is 9.83. The molecule has 0 bridgehead atoms. The molecule has 30 heavy (non-hydrogen) atoms. The van der Waals surface area contributed by atoms with Gasteiger partial charge in [-0.05, 0) is 30.0 Å². The van der Waals surface area contributed by atoms with Crippen LogP contribution >= 0.6 is 0 Å². The second-order valence-corrected chi connectivity index (χ2v) is 6.87. The number of carboxylic acid groups (broad SMARTS) is 1. The van der Waals surface area contributed by atoms with Gasteiger partial charge in [0.15, 0.2) is 0 Å². The first-order valence-corrected chi connectivity index (χ1v) is 9.36. The molecule has 0 aromatic heterocycles. The number of hydrazine groups is 2. The van der Waals surface area contributed by atoms with Crippen LogP contribution in [0.25, 0.3) is 11.1 Å². The number of aliphatic carboxylic acids is 1. The third-order valence-electron chi connectivity index (χ3n) is 4.59. The Kier molecular flexibility index (Phi) is 6.96.